The molecule has 114 valence electrons. The Morgan fingerprint density at radius 3 is 2.35 bits per heavy atom. The molecular formula is C17H16N6. The number of benzene rings is 1. The fourth-order valence-corrected chi connectivity index (χ4v) is 2.60. The van der Waals surface area contributed by atoms with Crippen LogP contribution < -0.4 is 0 Å². The van der Waals surface area contributed by atoms with Gasteiger partial charge in [-0.15, -0.1) is 0 Å². The number of aromatic nitrogens is 6. The average molecular weight is 304 g/mol. The third kappa shape index (κ3) is 2.83. The van der Waals surface area contributed by atoms with Crippen LogP contribution in [-0.4, -0.2) is 29.5 Å². The van der Waals surface area contributed by atoms with Crippen molar-refractivity contribution in [3.63, 3.8) is 0 Å². The summed E-state index contributed by atoms with van der Waals surface area (Å²) in [7, 11) is 0. The first-order valence-electron chi connectivity index (χ1n) is 7.48. The Labute approximate surface area is 133 Å². The van der Waals surface area contributed by atoms with Crippen LogP contribution in [0.25, 0.3) is 11.0 Å². The third-order valence-electron chi connectivity index (χ3n) is 3.83. The van der Waals surface area contributed by atoms with E-state index in [0.717, 1.165) is 29.8 Å². The Kier molecular flexibility index (Phi) is 3.34. The van der Waals surface area contributed by atoms with Crippen LogP contribution in [-0.2, 0) is 13.1 Å². The Morgan fingerprint density at radius 2 is 1.70 bits per heavy atom. The highest BCUT2D eigenvalue weighted by atomic mass is 15.3. The lowest BCUT2D eigenvalue weighted by Crippen LogP contribution is -2.02. The summed E-state index contributed by atoms with van der Waals surface area (Å²) in [5.74, 6) is 0. The molecule has 0 aliphatic rings. The van der Waals surface area contributed by atoms with Crippen LogP contribution >= 0.6 is 0 Å². The van der Waals surface area contributed by atoms with E-state index in [1.807, 2.05) is 34.7 Å². The minimum atomic E-state index is 0.720. The van der Waals surface area contributed by atoms with Gasteiger partial charge in [0.2, 0.25) is 0 Å². The normalized spacial score (nSPS) is 11.2. The van der Waals surface area contributed by atoms with Gasteiger partial charge in [0.1, 0.15) is 6.33 Å². The predicted octanol–water partition coefficient (Wildman–Crippen LogP) is 2.43. The van der Waals surface area contributed by atoms with E-state index >= 15 is 0 Å². The minimum Gasteiger partial charge on any atom is -0.268 e. The molecule has 0 aliphatic carbocycles. The number of fused-ring (bicyclic) bond motifs is 1. The lowest BCUT2D eigenvalue weighted by atomic mass is 10.1. The van der Waals surface area contributed by atoms with E-state index in [9.17, 15) is 0 Å². The molecule has 4 rings (SSSR count). The molecule has 0 amide bonds. The second-order valence-electron chi connectivity index (χ2n) is 5.54. The number of hydrogen-bond acceptors (Lipinski definition) is 4. The highest BCUT2D eigenvalue weighted by Gasteiger charge is 2.05. The van der Waals surface area contributed by atoms with Crippen molar-refractivity contribution in [1.82, 2.24) is 29.5 Å². The van der Waals surface area contributed by atoms with Gasteiger partial charge < -0.3 is 0 Å². The van der Waals surface area contributed by atoms with Crippen molar-refractivity contribution >= 4 is 11.0 Å². The summed E-state index contributed by atoms with van der Waals surface area (Å²) < 4.78 is 3.82. The summed E-state index contributed by atoms with van der Waals surface area (Å²) >= 11 is 0. The molecule has 0 spiro atoms. The second-order valence-corrected chi connectivity index (χ2v) is 5.54. The maximum absolute atomic E-state index is 4.50. The van der Waals surface area contributed by atoms with Crippen molar-refractivity contribution in [2.24, 2.45) is 0 Å². The Bertz CT molecular complexity index is 922. The quantitative estimate of drug-likeness (QED) is 0.581. The molecule has 0 N–H and O–H groups in total. The highest BCUT2D eigenvalue weighted by molar-refractivity contribution is 5.75. The molecule has 0 bridgehead atoms. The van der Waals surface area contributed by atoms with Crippen LogP contribution in [0, 0.1) is 6.92 Å². The number of nitrogens with zero attached hydrogens (tertiary/aromatic N) is 6. The van der Waals surface area contributed by atoms with Gasteiger partial charge in [0.25, 0.3) is 0 Å². The fraction of sp³-hybridized carbons (Fsp3) is 0.176. The molecule has 23 heavy (non-hydrogen) atoms. The van der Waals surface area contributed by atoms with Crippen molar-refractivity contribution in [2.75, 3.05) is 0 Å². The molecular weight excluding hydrogens is 288 g/mol. The molecule has 0 saturated heterocycles. The van der Waals surface area contributed by atoms with Crippen molar-refractivity contribution in [3.05, 3.63) is 72.1 Å². The molecule has 0 radical (unpaired) electrons. The van der Waals surface area contributed by atoms with E-state index in [4.69, 9.17) is 0 Å². The summed E-state index contributed by atoms with van der Waals surface area (Å²) in [5.41, 5.74) is 4.13. The van der Waals surface area contributed by atoms with Crippen molar-refractivity contribution in [2.45, 2.75) is 20.0 Å². The largest absolute Gasteiger partial charge is 0.268 e. The van der Waals surface area contributed by atoms with E-state index in [1.54, 1.807) is 12.5 Å². The van der Waals surface area contributed by atoms with E-state index < -0.39 is 0 Å². The summed E-state index contributed by atoms with van der Waals surface area (Å²) in [6, 6.07) is 10.5. The minimum absolute atomic E-state index is 0.720. The van der Waals surface area contributed by atoms with E-state index in [0.29, 0.717) is 0 Å². The zero-order valence-corrected chi connectivity index (χ0v) is 12.8. The molecule has 3 heterocycles. The van der Waals surface area contributed by atoms with Gasteiger partial charge in [0, 0.05) is 18.6 Å². The summed E-state index contributed by atoms with van der Waals surface area (Å²) in [4.78, 5) is 8.41. The topological polar surface area (TPSA) is 61.4 Å². The lowest BCUT2D eigenvalue weighted by molar-refractivity contribution is 0.681. The Balaban J connectivity index is 1.52. The van der Waals surface area contributed by atoms with E-state index in [2.05, 4.69) is 44.4 Å². The first kappa shape index (κ1) is 13.6. The monoisotopic (exact) mass is 304 g/mol. The Morgan fingerprint density at radius 1 is 0.957 bits per heavy atom. The zero-order valence-electron chi connectivity index (χ0n) is 12.8. The molecule has 1 aromatic carbocycles. The van der Waals surface area contributed by atoms with Gasteiger partial charge in [-0.05, 0) is 24.1 Å². The molecule has 0 unspecified atom stereocenters. The molecule has 6 nitrogen and oxygen atoms in total. The first-order chi connectivity index (χ1) is 11.3. The van der Waals surface area contributed by atoms with Crippen LogP contribution in [0.5, 0.6) is 0 Å². The zero-order chi connectivity index (χ0) is 15.6. The van der Waals surface area contributed by atoms with Crippen LogP contribution in [0.3, 0.4) is 0 Å². The summed E-state index contributed by atoms with van der Waals surface area (Å²) in [5, 5.41) is 9.73. The molecule has 6 heteroatoms. The van der Waals surface area contributed by atoms with Crippen LogP contribution in [0.1, 0.15) is 16.8 Å². The average Bonchev–Trinajstić information content (AvgIpc) is 3.19. The molecule has 0 saturated carbocycles. The summed E-state index contributed by atoms with van der Waals surface area (Å²) in [6.07, 6.45) is 7.32. The standard InChI is InChI=1S/C17H16N6/c1-13-16-11-23(21-17(16)19-12-18-13)10-15-5-3-14(4-6-15)9-22-8-2-7-20-22/h2-8,11-12H,9-10H2,1H3. The van der Waals surface area contributed by atoms with Crippen molar-refractivity contribution in [3.8, 4) is 0 Å². The van der Waals surface area contributed by atoms with E-state index in [-0.39, 0.29) is 0 Å². The lowest BCUT2D eigenvalue weighted by Gasteiger charge is -2.05. The Hall–Kier alpha value is -3.02. The van der Waals surface area contributed by atoms with Crippen molar-refractivity contribution < 1.29 is 0 Å². The van der Waals surface area contributed by atoms with Gasteiger partial charge in [-0.1, -0.05) is 24.3 Å². The molecule has 3 aromatic heterocycles. The smallest absolute Gasteiger partial charge is 0.184 e. The third-order valence-corrected chi connectivity index (χ3v) is 3.83. The molecule has 0 fully saturated rings. The SMILES string of the molecule is Cc1ncnc2nn(Cc3ccc(Cn4cccn4)cc3)cc12. The van der Waals surface area contributed by atoms with Gasteiger partial charge in [-0.2, -0.15) is 10.2 Å². The number of aryl methyl sites for hydroxylation is 1. The van der Waals surface area contributed by atoms with E-state index in [1.165, 1.54) is 11.1 Å². The maximum atomic E-state index is 4.50. The second kappa shape index (κ2) is 5.64. The van der Waals surface area contributed by atoms with Crippen molar-refractivity contribution in [1.29, 1.82) is 0 Å². The molecule has 4 aromatic rings. The summed E-state index contributed by atoms with van der Waals surface area (Å²) in [6.45, 7) is 3.48. The molecule has 0 aliphatic heterocycles. The van der Waals surface area contributed by atoms with Gasteiger partial charge in [-0.25, -0.2) is 9.97 Å². The predicted molar refractivity (Wildman–Crippen MR) is 86.9 cm³/mol. The van der Waals surface area contributed by atoms with Gasteiger partial charge >= 0.3 is 0 Å². The fourth-order valence-electron chi connectivity index (χ4n) is 2.60. The molecule has 0 atom stereocenters. The first-order valence-corrected chi connectivity index (χ1v) is 7.48. The van der Waals surface area contributed by atoms with Gasteiger partial charge in [0.05, 0.1) is 24.2 Å². The highest BCUT2D eigenvalue weighted by Crippen LogP contribution is 2.14. The van der Waals surface area contributed by atoms with Crippen LogP contribution in [0.4, 0.5) is 0 Å². The number of hydrogen-bond donors (Lipinski definition) is 0. The van der Waals surface area contributed by atoms with Crippen LogP contribution in [0.2, 0.25) is 0 Å². The number of rotatable bonds is 4. The van der Waals surface area contributed by atoms with Gasteiger partial charge in [-0.3, -0.25) is 9.36 Å². The van der Waals surface area contributed by atoms with Crippen LogP contribution in [0.15, 0.2) is 55.2 Å². The van der Waals surface area contributed by atoms with Gasteiger partial charge in [0.15, 0.2) is 5.65 Å². The maximum Gasteiger partial charge on any atom is 0.184 e.